The van der Waals surface area contributed by atoms with E-state index in [4.69, 9.17) is 0 Å². The molecule has 0 aliphatic rings. The van der Waals surface area contributed by atoms with Gasteiger partial charge in [-0.25, -0.2) is 9.97 Å². The second kappa shape index (κ2) is 4.55. The van der Waals surface area contributed by atoms with Crippen LogP contribution >= 0.6 is 0 Å². The summed E-state index contributed by atoms with van der Waals surface area (Å²) in [6.45, 7) is 4.00. The normalized spacial score (nSPS) is 9.43. The number of fused-ring (bicyclic) bond motifs is 1. The number of rotatable bonds is 1. The van der Waals surface area contributed by atoms with Crippen molar-refractivity contribution in [3.63, 3.8) is 0 Å². The van der Waals surface area contributed by atoms with Crippen LogP contribution < -0.4 is 5.32 Å². The van der Waals surface area contributed by atoms with Gasteiger partial charge >= 0.3 is 0 Å². The standard InChI is InChI=1S/C7H9N5.C2H6/c1-8-6-5-3-11-12(2)7(5)10-4-9-6;1-2/h3-4H,1-2H3,(H,8,9,10);1-2H3. The van der Waals surface area contributed by atoms with E-state index in [1.807, 2.05) is 27.9 Å². The number of hydrogen-bond acceptors (Lipinski definition) is 4. The minimum atomic E-state index is 0.813. The monoisotopic (exact) mass is 193 g/mol. The molecule has 76 valence electrons. The fourth-order valence-electron chi connectivity index (χ4n) is 1.16. The molecule has 0 aliphatic heterocycles. The number of aryl methyl sites for hydroxylation is 1. The summed E-state index contributed by atoms with van der Waals surface area (Å²) in [7, 11) is 3.68. The summed E-state index contributed by atoms with van der Waals surface area (Å²) >= 11 is 0. The van der Waals surface area contributed by atoms with Crippen LogP contribution in [0.1, 0.15) is 13.8 Å². The summed E-state index contributed by atoms with van der Waals surface area (Å²) in [5.74, 6) is 0.813. The van der Waals surface area contributed by atoms with E-state index in [-0.39, 0.29) is 0 Å². The van der Waals surface area contributed by atoms with Crippen molar-refractivity contribution in [2.45, 2.75) is 13.8 Å². The van der Waals surface area contributed by atoms with E-state index in [9.17, 15) is 0 Å². The second-order valence-corrected chi connectivity index (χ2v) is 2.48. The van der Waals surface area contributed by atoms with E-state index in [0.717, 1.165) is 16.9 Å². The number of aromatic nitrogens is 4. The highest BCUT2D eigenvalue weighted by atomic mass is 15.3. The molecule has 5 heteroatoms. The molecule has 2 rings (SSSR count). The quantitative estimate of drug-likeness (QED) is 0.744. The first-order chi connectivity index (χ1) is 6.83. The first-order valence-electron chi connectivity index (χ1n) is 4.63. The molecule has 2 aromatic heterocycles. The summed E-state index contributed by atoms with van der Waals surface area (Å²) in [4.78, 5) is 8.16. The molecule has 2 heterocycles. The lowest BCUT2D eigenvalue weighted by molar-refractivity contribution is 0.785. The molecule has 0 bridgehead atoms. The van der Waals surface area contributed by atoms with E-state index >= 15 is 0 Å². The molecule has 0 saturated carbocycles. The van der Waals surface area contributed by atoms with Crippen LogP contribution in [0.5, 0.6) is 0 Å². The van der Waals surface area contributed by atoms with Gasteiger partial charge < -0.3 is 5.32 Å². The van der Waals surface area contributed by atoms with E-state index in [1.165, 1.54) is 6.33 Å². The molecule has 1 N–H and O–H groups in total. The molecule has 0 saturated heterocycles. The van der Waals surface area contributed by atoms with Crippen molar-refractivity contribution >= 4 is 16.9 Å². The van der Waals surface area contributed by atoms with Crippen molar-refractivity contribution in [2.75, 3.05) is 12.4 Å². The van der Waals surface area contributed by atoms with Crippen LogP contribution in [0, 0.1) is 0 Å². The van der Waals surface area contributed by atoms with Crippen LogP contribution in [0.3, 0.4) is 0 Å². The van der Waals surface area contributed by atoms with Gasteiger partial charge in [0.15, 0.2) is 5.65 Å². The maximum absolute atomic E-state index is 4.10. The Balaban J connectivity index is 0.000000461. The van der Waals surface area contributed by atoms with Crippen molar-refractivity contribution in [3.05, 3.63) is 12.5 Å². The molecule has 0 fully saturated rings. The summed E-state index contributed by atoms with van der Waals surface area (Å²) in [6.07, 6.45) is 3.27. The minimum absolute atomic E-state index is 0.813. The molecule has 14 heavy (non-hydrogen) atoms. The van der Waals surface area contributed by atoms with E-state index in [1.54, 1.807) is 10.9 Å². The second-order valence-electron chi connectivity index (χ2n) is 2.48. The molecule has 0 spiro atoms. The lowest BCUT2D eigenvalue weighted by Crippen LogP contribution is -1.96. The SMILES string of the molecule is CC.CNc1ncnc2c1cnn2C. The van der Waals surface area contributed by atoms with E-state index in [0.29, 0.717) is 0 Å². The molecule has 0 amide bonds. The lowest BCUT2D eigenvalue weighted by atomic mass is 10.4. The Morgan fingerprint density at radius 2 is 2.00 bits per heavy atom. The van der Waals surface area contributed by atoms with Gasteiger partial charge in [-0.3, -0.25) is 4.68 Å². The molecule has 0 radical (unpaired) electrons. The zero-order valence-electron chi connectivity index (χ0n) is 8.94. The van der Waals surface area contributed by atoms with Crippen molar-refractivity contribution in [1.82, 2.24) is 19.7 Å². The number of nitrogens with zero attached hydrogens (tertiary/aromatic N) is 4. The predicted octanol–water partition coefficient (Wildman–Crippen LogP) is 1.43. The lowest BCUT2D eigenvalue weighted by Gasteiger charge is -1.98. The van der Waals surface area contributed by atoms with Gasteiger partial charge in [0.05, 0.1) is 11.6 Å². The van der Waals surface area contributed by atoms with Crippen LogP contribution in [0.4, 0.5) is 5.82 Å². The first kappa shape index (κ1) is 10.4. The Hall–Kier alpha value is -1.65. The van der Waals surface area contributed by atoms with Crippen molar-refractivity contribution in [3.8, 4) is 0 Å². The molecule has 5 nitrogen and oxygen atoms in total. The zero-order valence-corrected chi connectivity index (χ0v) is 8.94. The Morgan fingerprint density at radius 3 is 2.64 bits per heavy atom. The van der Waals surface area contributed by atoms with Crippen molar-refractivity contribution in [1.29, 1.82) is 0 Å². The van der Waals surface area contributed by atoms with Gasteiger partial charge in [-0.15, -0.1) is 0 Å². The smallest absolute Gasteiger partial charge is 0.163 e. The van der Waals surface area contributed by atoms with Gasteiger partial charge in [-0.2, -0.15) is 5.10 Å². The third-order valence-electron chi connectivity index (χ3n) is 1.77. The van der Waals surface area contributed by atoms with Gasteiger partial charge in [0.2, 0.25) is 0 Å². The van der Waals surface area contributed by atoms with Gasteiger partial charge in [0.1, 0.15) is 12.1 Å². The molecule has 2 aromatic rings. The number of nitrogens with one attached hydrogen (secondary N) is 1. The van der Waals surface area contributed by atoms with Crippen molar-refractivity contribution < 1.29 is 0 Å². The Bertz CT molecular complexity index is 406. The van der Waals surface area contributed by atoms with Crippen molar-refractivity contribution in [2.24, 2.45) is 7.05 Å². The highest BCUT2D eigenvalue weighted by Crippen LogP contribution is 2.16. The molecule has 0 unspecified atom stereocenters. The predicted molar refractivity (Wildman–Crippen MR) is 57.2 cm³/mol. The van der Waals surface area contributed by atoms with Gasteiger partial charge in [-0.05, 0) is 0 Å². The number of anilines is 1. The maximum Gasteiger partial charge on any atom is 0.163 e. The summed E-state index contributed by atoms with van der Waals surface area (Å²) < 4.78 is 1.72. The third-order valence-corrected chi connectivity index (χ3v) is 1.77. The topological polar surface area (TPSA) is 55.6 Å². The van der Waals surface area contributed by atoms with E-state index in [2.05, 4.69) is 20.4 Å². The van der Waals surface area contributed by atoms with Crippen LogP contribution in [0.2, 0.25) is 0 Å². The minimum Gasteiger partial charge on any atom is -0.372 e. The molecule has 0 aromatic carbocycles. The third kappa shape index (κ3) is 1.66. The molecule has 0 aliphatic carbocycles. The van der Waals surface area contributed by atoms with E-state index < -0.39 is 0 Å². The molecular formula is C9H15N5. The fraction of sp³-hybridized carbons (Fsp3) is 0.444. The van der Waals surface area contributed by atoms with Crippen LogP contribution in [-0.4, -0.2) is 26.8 Å². The molecule has 0 atom stereocenters. The van der Waals surface area contributed by atoms with Crippen LogP contribution in [-0.2, 0) is 7.05 Å². The fourth-order valence-corrected chi connectivity index (χ4v) is 1.16. The maximum atomic E-state index is 4.10. The Kier molecular flexibility index (Phi) is 3.39. The summed E-state index contributed by atoms with van der Waals surface area (Å²) in [5.41, 5.74) is 0.842. The largest absolute Gasteiger partial charge is 0.372 e. The van der Waals surface area contributed by atoms with Gasteiger partial charge in [-0.1, -0.05) is 13.8 Å². The highest BCUT2D eigenvalue weighted by Gasteiger charge is 2.04. The number of hydrogen-bond donors (Lipinski definition) is 1. The first-order valence-corrected chi connectivity index (χ1v) is 4.63. The Labute approximate surface area is 83.2 Å². The van der Waals surface area contributed by atoms with Gasteiger partial charge in [0.25, 0.3) is 0 Å². The van der Waals surface area contributed by atoms with Crippen LogP contribution in [0.25, 0.3) is 11.0 Å². The Morgan fingerprint density at radius 1 is 1.29 bits per heavy atom. The molecular weight excluding hydrogens is 178 g/mol. The average Bonchev–Trinajstić information content (AvgIpc) is 2.64. The highest BCUT2D eigenvalue weighted by molar-refractivity contribution is 5.85. The summed E-state index contributed by atoms with van der Waals surface area (Å²) in [5, 5.41) is 8.00. The van der Waals surface area contributed by atoms with Gasteiger partial charge in [0, 0.05) is 14.1 Å². The zero-order chi connectivity index (χ0) is 10.6. The average molecular weight is 193 g/mol. The summed E-state index contributed by atoms with van der Waals surface area (Å²) in [6, 6.07) is 0. The van der Waals surface area contributed by atoms with Crippen LogP contribution in [0.15, 0.2) is 12.5 Å².